The van der Waals surface area contributed by atoms with Crippen molar-refractivity contribution in [3.05, 3.63) is 46.5 Å². The number of benzene rings is 1. The predicted octanol–water partition coefficient (Wildman–Crippen LogP) is 4.58. The summed E-state index contributed by atoms with van der Waals surface area (Å²) in [6, 6.07) is 5.23. The highest BCUT2D eigenvalue weighted by atomic mass is 16.2. The third-order valence-electron chi connectivity index (χ3n) is 6.70. The van der Waals surface area contributed by atoms with Crippen molar-refractivity contribution in [2.75, 3.05) is 13.6 Å². The fourth-order valence-electron chi connectivity index (χ4n) is 4.85. The van der Waals surface area contributed by atoms with Gasteiger partial charge in [0, 0.05) is 25.2 Å². The molecule has 1 saturated carbocycles. The maximum absolute atomic E-state index is 13.0. The Kier molecular flexibility index (Phi) is 5.84. The number of imide groups is 1. The number of rotatable bonds is 5. The molecular formula is C24H30N2O3. The maximum Gasteiger partial charge on any atom is 0.261 e. The molecule has 0 bridgehead atoms. The third kappa shape index (κ3) is 4.00. The van der Waals surface area contributed by atoms with Crippen LogP contribution in [0.1, 0.15) is 95.3 Å². The second-order valence-corrected chi connectivity index (χ2v) is 8.59. The molecule has 1 heterocycles. The molecule has 0 atom stereocenters. The molecule has 0 saturated heterocycles. The van der Waals surface area contributed by atoms with Crippen LogP contribution < -0.4 is 0 Å². The van der Waals surface area contributed by atoms with Gasteiger partial charge in [0.05, 0.1) is 11.1 Å². The maximum atomic E-state index is 13.0. The van der Waals surface area contributed by atoms with Gasteiger partial charge in [0.25, 0.3) is 17.7 Å². The van der Waals surface area contributed by atoms with Gasteiger partial charge in [-0.15, -0.1) is 0 Å². The summed E-state index contributed by atoms with van der Waals surface area (Å²) >= 11 is 0. The molecule has 0 N–H and O–H groups in total. The average molecular weight is 395 g/mol. The molecular weight excluding hydrogens is 364 g/mol. The number of nitrogens with zero attached hydrogens (tertiary/aromatic N) is 2. The SMILES string of the molecule is CN(C(=O)c1ccc2c(c1)C(=O)N(CCC1=CCCCC1)C2=O)C1CCCCC1. The number of fused-ring (bicyclic) bond motifs is 1. The Hall–Kier alpha value is -2.43. The van der Waals surface area contributed by atoms with Gasteiger partial charge >= 0.3 is 0 Å². The number of hydrogen-bond acceptors (Lipinski definition) is 3. The first kappa shape index (κ1) is 19.9. The van der Waals surface area contributed by atoms with E-state index < -0.39 is 0 Å². The minimum absolute atomic E-state index is 0.0641. The van der Waals surface area contributed by atoms with Crippen LogP contribution in [0.25, 0.3) is 0 Å². The van der Waals surface area contributed by atoms with Gasteiger partial charge in [-0.25, -0.2) is 0 Å². The summed E-state index contributed by atoms with van der Waals surface area (Å²) in [7, 11) is 1.85. The summed E-state index contributed by atoms with van der Waals surface area (Å²) in [6.45, 7) is 0.420. The lowest BCUT2D eigenvalue weighted by atomic mass is 9.94. The van der Waals surface area contributed by atoms with Gasteiger partial charge in [-0.05, 0) is 63.1 Å². The van der Waals surface area contributed by atoms with Crippen molar-refractivity contribution in [2.24, 2.45) is 0 Å². The lowest BCUT2D eigenvalue weighted by Crippen LogP contribution is -2.38. The number of amides is 3. The Bertz CT molecular complexity index is 852. The molecule has 3 amide bonds. The van der Waals surface area contributed by atoms with Crippen LogP contribution in [0, 0.1) is 0 Å². The fraction of sp³-hybridized carbons (Fsp3) is 0.542. The summed E-state index contributed by atoms with van der Waals surface area (Å²) in [5.74, 6) is -0.566. The normalized spacial score (nSPS) is 19.9. The molecule has 1 aromatic rings. The smallest absolute Gasteiger partial charge is 0.261 e. The summed E-state index contributed by atoms with van der Waals surface area (Å²) in [5, 5.41) is 0. The Balaban J connectivity index is 1.47. The van der Waals surface area contributed by atoms with E-state index in [1.165, 1.54) is 29.7 Å². The van der Waals surface area contributed by atoms with Gasteiger partial charge < -0.3 is 4.90 Å². The van der Waals surface area contributed by atoms with Crippen molar-refractivity contribution in [3.8, 4) is 0 Å². The molecule has 0 radical (unpaired) electrons. The molecule has 5 nitrogen and oxygen atoms in total. The van der Waals surface area contributed by atoms with Crippen molar-refractivity contribution in [1.82, 2.24) is 9.80 Å². The monoisotopic (exact) mass is 394 g/mol. The summed E-state index contributed by atoms with van der Waals surface area (Å²) < 4.78 is 0. The molecule has 29 heavy (non-hydrogen) atoms. The zero-order valence-corrected chi connectivity index (χ0v) is 17.3. The van der Waals surface area contributed by atoms with Crippen LogP contribution in [0.5, 0.6) is 0 Å². The summed E-state index contributed by atoms with van der Waals surface area (Å²) in [6.07, 6.45) is 13.2. The first-order valence-corrected chi connectivity index (χ1v) is 11.0. The van der Waals surface area contributed by atoms with E-state index in [2.05, 4.69) is 6.08 Å². The Labute approximate surface area is 172 Å². The molecule has 1 aliphatic heterocycles. The standard InChI is InChI=1S/C24H30N2O3/c1-25(19-10-6-3-7-11-19)22(27)18-12-13-20-21(16-18)24(29)26(23(20)28)15-14-17-8-4-2-5-9-17/h8,12-13,16,19H,2-7,9-11,14-15H2,1H3. The molecule has 5 heteroatoms. The lowest BCUT2D eigenvalue weighted by molar-refractivity contribution is 0.0654. The van der Waals surface area contributed by atoms with Gasteiger partial charge in [0.15, 0.2) is 0 Å². The molecule has 2 aliphatic carbocycles. The number of hydrogen-bond donors (Lipinski definition) is 0. The Morgan fingerprint density at radius 3 is 2.52 bits per heavy atom. The minimum Gasteiger partial charge on any atom is -0.339 e. The van der Waals surface area contributed by atoms with Crippen LogP contribution in [0.2, 0.25) is 0 Å². The quantitative estimate of drug-likeness (QED) is 0.543. The van der Waals surface area contributed by atoms with Crippen molar-refractivity contribution >= 4 is 17.7 Å². The molecule has 0 aromatic heterocycles. The molecule has 3 aliphatic rings. The molecule has 1 fully saturated rings. The number of carbonyl (C=O) groups excluding carboxylic acids is 3. The molecule has 0 spiro atoms. The summed E-state index contributed by atoms with van der Waals surface area (Å²) in [4.78, 5) is 41.7. The van der Waals surface area contributed by atoms with Gasteiger partial charge in [-0.2, -0.15) is 0 Å². The third-order valence-corrected chi connectivity index (χ3v) is 6.70. The minimum atomic E-state index is -0.267. The average Bonchev–Trinajstić information content (AvgIpc) is 3.01. The van der Waals surface area contributed by atoms with E-state index in [1.807, 2.05) is 11.9 Å². The molecule has 154 valence electrons. The van der Waals surface area contributed by atoms with Crippen LogP contribution in [-0.2, 0) is 0 Å². The Morgan fingerprint density at radius 1 is 1.03 bits per heavy atom. The van der Waals surface area contributed by atoms with E-state index in [1.54, 1.807) is 18.2 Å². The largest absolute Gasteiger partial charge is 0.339 e. The predicted molar refractivity (Wildman–Crippen MR) is 112 cm³/mol. The van der Waals surface area contributed by atoms with Crippen molar-refractivity contribution in [2.45, 2.75) is 70.3 Å². The molecule has 4 rings (SSSR count). The van der Waals surface area contributed by atoms with Crippen LogP contribution in [0.15, 0.2) is 29.8 Å². The van der Waals surface area contributed by atoms with Crippen LogP contribution in [0.4, 0.5) is 0 Å². The van der Waals surface area contributed by atoms with Gasteiger partial charge in [0.2, 0.25) is 0 Å². The van der Waals surface area contributed by atoms with Crippen LogP contribution in [0.3, 0.4) is 0 Å². The first-order valence-electron chi connectivity index (χ1n) is 11.0. The molecule has 0 unspecified atom stereocenters. The zero-order chi connectivity index (χ0) is 20.4. The second kappa shape index (κ2) is 8.52. The van der Waals surface area contributed by atoms with Crippen molar-refractivity contribution in [3.63, 3.8) is 0 Å². The van der Waals surface area contributed by atoms with E-state index in [9.17, 15) is 14.4 Å². The highest BCUT2D eigenvalue weighted by Gasteiger charge is 2.36. The Morgan fingerprint density at radius 2 is 1.79 bits per heavy atom. The van der Waals surface area contributed by atoms with Crippen LogP contribution in [-0.4, -0.2) is 47.2 Å². The van der Waals surface area contributed by atoms with E-state index in [0.717, 1.165) is 44.9 Å². The second-order valence-electron chi connectivity index (χ2n) is 8.59. The summed E-state index contributed by atoms with van der Waals surface area (Å²) in [5.41, 5.74) is 2.63. The van der Waals surface area contributed by atoms with Gasteiger partial charge in [-0.3, -0.25) is 19.3 Å². The molecule has 1 aromatic carbocycles. The van der Waals surface area contributed by atoms with E-state index in [4.69, 9.17) is 0 Å². The van der Waals surface area contributed by atoms with Gasteiger partial charge in [-0.1, -0.05) is 30.9 Å². The first-order chi connectivity index (χ1) is 14.1. The van der Waals surface area contributed by atoms with E-state index >= 15 is 0 Å². The number of allylic oxidation sites excluding steroid dienone is 1. The van der Waals surface area contributed by atoms with E-state index in [0.29, 0.717) is 23.2 Å². The fourth-order valence-corrected chi connectivity index (χ4v) is 4.85. The van der Waals surface area contributed by atoms with E-state index in [-0.39, 0.29) is 23.8 Å². The van der Waals surface area contributed by atoms with Crippen molar-refractivity contribution in [1.29, 1.82) is 0 Å². The van der Waals surface area contributed by atoms with Gasteiger partial charge in [0.1, 0.15) is 0 Å². The van der Waals surface area contributed by atoms with Crippen LogP contribution >= 0.6 is 0 Å². The topological polar surface area (TPSA) is 57.7 Å². The highest BCUT2D eigenvalue weighted by Crippen LogP contribution is 2.28. The number of carbonyl (C=O) groups is 3. The zero-order valence-electron chi connectivity index (χ0n) is 17.3. The highest BCUT2D eigenvalue weighted by molar-refractivity contribution is 6.22. The van der Waals surface area contributed by atoms with Crippen molar-refractivity contribution < 1.29 is 14.4 Å². The lowest BCUT2D eigenvalue weighted by Gasteiger charge is -2.31.